The van der Waals surface area contributed by atoms with Gasteiger partial charge in [-0.05, 0) is 71.1 Å². The zero-order valence-corrected chi connectivity index (χ0v) is 13.7. The number of hydrogen-bond acceptors (Lipinski definition) is 4. The monoisotopic (exact) mass is 295 g/mol. The van der Waals surface area contributed by atoms with E-state index in [4.69, 9.17) is 4.74 Å². The maximum absolute atomic E-state index is 5.58. The second-order valence-electron chi connectivity index (χ2n) is 7.30. The van der Waals surface area contributed by atoms with Crippen LogP contribution in [-0.2, 0) is 4.74 Å². The summed E-state index contributed by atoms with van der Waals surface area (Å²) in [7, 11) is 0. The lowest BCUT2D eigenvalue weighted by Gasteiger charge is -2.39. The number of hydrogen-bond donors (Lipinski definition) is 1. The van der Waals surface area contributed by atoms with E-state index >= 15 is 0 Å². The molecule has 0 spiro atoms. The SMILES string of the molecule is CC(CC1COCCN1)N1CCC(CN2CCCC2)CC1. The molecule has 0 aromatic carbocycles. The first-order valence-corrected chi connectivity index (χ1v) is 9.09. The average Bonchev–Trinajstić information content (AvgIpc) is 3.02. The van der Waals surface area contributed by atoms with Gasteiger partial charge in [0, 0.05) is 25.2 Å². The highest BCUT2D eigenvalue weighted by Gasteiger charge is 2.26. The molecule has 21 heavy (non-hydrogen) atoms. The van der Waals surface area contributed by atoms with Crippen molar-refractivity contribution in [2.75, 3.05) is 52.5 Å². The van der Waals surface area contributed by atoms with Crippen LogP contribution in [0.5, 0.6) is 0 Å². The van der Waals surface area contributed by atoms with Crippen molar-refractivity contribution >= 4 is 0 Å². The molecule has 3 aliphatic rings. The zero-order chi connectivity index (χ0) is 14.5. The van der Waals surface area contributed by atoms with Gasteiger partial charge in [-0.25, -0.2) is 0 Å². The van der Waals surface area contributed by atoms with E-state index in [1.54, 1.807) is 0 Å². The lowest BCUT2D eigenvalue weighted by molar-refractivity contribution is 0.0546. The fourth-order valence-corrected chi connectivity index (χ4v) is 4.24. The largest absolute Gasteiger partial charge is 0.379 e. The first kappa shape index (κ1) is 15.7. The Balaban J connectivity index is 1.35. The molecule has 2 unspecified atom stereocenters. The second kappa shape index (κ2) is 7.91. The minimum atomic E-state index is 0.566. The molecule has 0 bridgehead atoms. The van der Waals surface area contributed by atoms with Crippen molar-refractivity contribution in [2.24, 2.45) is 5.92 Å². The van der Waals surface area contributed by atoms with Crippen molar-refractivity contribution in [2.45, 2.75) is 51.1 Å². The molecule has 0 amide bonds. The number of ether oxygens (including phenoxy) is 1. The topological polar surface area (TPSA) is 27.7 Å². The van der Waals surface area contributed by atoms with Crippen molar-refractivity contribution in [1.82, 2.24) is 15.1 Å². The van der Waals surface area contributed by atoms with E-state index < -0.39 is 0 Å². The van der Waals surface area contributed by atoms with Crippen LogP contribution in [0.3, 0.4) is 0 Å². The fraction of sp³-hybridized carbons (Fsp3) is 1.00. The molecular formula is C17H33N3O. The van der Waals surface area contributed by atoms with Crippen LogP contribution in [0, 0.1) is 5.92 Å². The van der Waals surface area contributed by atoms with E-state index in [9.17, 15) is 0 Å². The first-order valence-electron chi connectivity index (χ1n) is 9.09. The summed E-state index contributed by atoms with van der Waals surface area (Å²) in [6, 6.07) is 1.26. The Morgan fingerprint density at radius 1 is 1.14 bits per heavy atom. The molecule has 0 aliphatic carbocycles. The average molecular weight is 295 g/mol. The molecule has 2 atom stereocenters. The summed E-state index contributed by atoms with van der Waals surface area (Å²) in [5.74, 6) is 0.947. The molecule has 0 saturated carbocycles. The van der Waals surface area contributed by atoms with E-state index in [0.717, 1.165) is 25.7 Å². The van der Waals surface area contributed by atoms with Gasteiger partial charge in [0.25, 0.3) is 0 Å². The molecule has 0 aromatic heterocycles. The fourth-order valence-electron chi connectivity index (χ4n) is 4.24. The maximum atomic E-state index is 5.58. The van der Waals surface area contributed by atoms with Gasteiger partial charge in [0.1, 0.15) is 0 Å². The molecule has 3 aliphatic heterocycles. The molecular weight excluding hydrogens is 262 g/mol. The molecule has 0 aromatic rings. The van der Waals surface area contributed by atoms with Crippen molar-refractivity contribution in [3.05, 3.63) is 0 Å². The van der Waals surface area contributed by atoms with Crippen LogP contribution < -0.4 is 5.32 Å². The molecule has 1 N–H and O–H groups in total. The van der Waals surface area contributed by atoms with Gasteiger partial charge in [-0.15, -0.1) is 0 Å². The number of morpholine rings is 1. The molecule has 3 saturated heterocycles. The van der Waals surface area contributed by atoms with Gasteiger partial charge in [-0.3, -0.25) is 0 Å². The van der Waals surface area contributed by atoms with Crippen molar-refractivity contribution in [3.8, 4) is 0 Å². The summed E-state index contributed by atoms with van der Waals surface area (Å²) in [5, 5.41) is 3.59. The predicted octanol–water partition coefficient (Wildman–Crippen LogP) is 1.56. The molecule has 3 fully saturated rings. The summed E-state index contributed by atoms with van der Waals surface area (Å²) in [6.07, 6.45) is 6.88. The second-order valence-corrected chi connectivity index (χ2v) is 7.30. The van der Waals surface area contributed by atoms with Crippen molar-refractivity contribution in [3.63, 3.8) is 0 Å². The van der Waals surface area contributed by atoms with Crippen LogP contribution in [0.1, 0.15) is 39.0 Å². The van der Waals surface area contributed by atoms with Gasteiger partial charge in [0.15, 0.2) is 0 Å². The predicted molar refractivity (Wildman–Crippen MR) is 86.7 cm³/mol. The molecule has 3 rings (SSSR count). The van der Waals surface area contributed by atoms with Crippen LogP contribution in [0.15, 0.2) is 0 Å². The van der Waals surface area contributed by atoms with Gasteiger partial charge >= 0.3 is 0 Å². The van der Waals surface area contributed by atoms with Crippen LogP contribution in [-0.4, -0.2) is 74.4 Å². The van der Waals surface area contributed by atoms with Crippen molar-refractivity contribution < 1.29 is 4.74 Å². The van der Waals surface area contributed by atoms with Crippen LogP contribution in [0.4, 0.5) is 0 Å². The Labute approximate surface area is 130 Å². The standard InChI is InChI=1S/C17H33N3O/c1-15(12-17-14-21-11-6-18-17)20-9-4-16(5-10-20)13-19-7-2-3-8-19/h15-18H,2-14H2,1H3. The van der Waals surface area contributed by atoms with Crippen molar-refractivity contribution in [1.29, 1.82) is 0 Å². The third-order valence-electron chi connectivity index (χ3n) is 5.61. The Kier molecular flexibility index (Phi) is 5.92. The third kappa shape index (κ3) is 4.65. The van der Waals surface area contributed by atoms with Gasteiger partial charge in [0.05, 0.1) is 13.2 Å². The summed E-state index contributed by atoms with van der Waals surface area (Å²) in [6.45, 7) is 11.9. The summed E-state index contributed by atoms with van der Waals surface area (Å²) < 4.78 is 5.58. The van der Waals surface area contributed by atoms with E-state index in [-0.39, 0.29) is 0 Å². The third-order valence-corrected chi connectivity index (χ3v) is 5.61. The lowest BCUT2D eigenvalue weighted by Crippen LogP contribution is -2.48. The van der Waals surface area contributed by atoms with Gasteiger partial charge in [-0.2, -0.15) is 0 Å². The number of piperidine rings is 1. The molecule has 3 heterocycles. The molecule has 4 nitrogen and oxygen atoms in total. The molecule has 4 heteroatoms. The highest BCUT2D eigenvalue weighted by atomic mass is 16.5. The zero-order valence-electron chi connectivity index (χ0n) is 13.7. The highest BCUT2D eigenvalue weighted by molar-refractivity contribution is 4.82. The lowest BCUT2D eigenvalue weighted by atomic mass is 9.94. The minimum absolute atomic E-state index is 0.566. The van der Waals surface area contributed by atoms with Crippen LogP contribution >= 0.6 is 0 Å². The minimum Gasteiger partial charge on any atom is -0.379 e. The van der Waals surface area contributed by atoms with Crippen LogP contribution in [0.2, 0.25) is 0 Å². The number of nitrogens with zero attached hydrogens (tertiary/aromatic N) is 2. The highest BCUT2D eigenvalue weighted by Crippen LogP contribution is 2.23. The summed E-state index contributed by atoms with van der Waals surface area (Å²) in [4.78, 5) is 5.39. The Bertz CT molecular complexity index is 292. The van der Waals surface area contributed by atoms with Gasteiger partial charge in [0.2, 0.25) is 0 Å². The maximum Gasteiger partial charge on any atom is 0.0620 e. The van der Waals surface area contributed by atoms with E-state index in [2.05, 4.69) is 22.0 Å². The summed E-state index contributed by atoms with van der Waals surface area (Å²) >= 11 is 0. The quantitative estimate of drug-likeness (QED) is 0.833. The number of nitrogens with one attached hydrogen (secondary N) is 1. The normalized spacial score (nSPS) is 31.6. The number of rotatable bonds is 5. The van der Waals surface area contributed by atoms with Gasteiger partial charge in [-0.1, -0.05) is 0 Å². The molecule has 122 valence electrons. The molecule has 0 radical (unpaired) electrons. The Hall–Kier alpha value is -0.160. The Morgan fingerprint density at radius 3 is 2.57 bits per heavy atom. The first-order chi connectivity index (χ1) is 10.3. The van der Waals surface area contributed by atoms with Crippen LogP contribution in [0.25, 0.3) is 0 Å². The number of likely N-dealkylation sites (tertiary alicyclic amines) is 2. The van der Waals surface area contributed by atoms with E-state index in [1.165, 1.54) is 64.8 Å². The van der Waals surface area contributed by atoms with E-state index in [0.29, 0.717) is 12.1 Å². The van der Waals surface area contributed by atoms with E-state index in [1.807, 2.05) is 0 Å². The Morgan fingerprint density at radius 2 is 1.90 bits per heavy atom. The van der Waals surface area contributed by atoms with Gasteiger partial charge < -0.3 is 19.9 Å². The smallest absolute Gasteiger partial charge is 0.0620 e. The summed E-state index contributed by atoms with van der Waals surface area (Å²) in [5.41, 5.74) is 0.